The van der Waals surface area contributed by atoms with Gasteiger partial charge in [0.25, 0.3) is 23.9 Å². The molecule has 9 rings (SSSR count). The second-order valence-electron chi connectivity index (χ2n) is 22.0. The number of amides is 4. The molecule has 1 aliphatic rings. The molecule has 0 spiro atoms. The molecule has 0 bridgehead atoms. The molecule has 0 aliphatic heterocycles. The van der Waals surface area contributed by atoms with Crippen LogP contribution in [-0.4, -0.2) is 150 Å². The Bertz CT molecular complexity index is 3660. The van der Waals surface area contributed by atoms with Gasteiger partial charge in [-0.15, -0.1) is 0 Å². The number of esters is 4. The third-order valence-corrected chi connectivity index (χ3v) is 14.5. The van der Waals surface area contributed by atoms with Crippen LogP contribution in [0.15, 0.2) is 241 Å². The van der Waals surface area contributed by atoms with E-state index < -0.39 is 71.7 Å². The SMILES string of the molecule is CN(C)c1ccc(N=C2C=CC(=Nc3ccc(N(C)C)cc3)C=C2)cc1.COC(=O)[C@H](Cc1ccccc1)[N-]C(=O)c1cccc(C(=O)[N-][C@@H](Cc2ccccc2)C(=O)OC)n1.COC(=O)[C@H](Cc1ccccc1)[N-]C(=O)c1cccc(C(=O)[N-][C@H](Cc2ccccc2)C(=O)OC)n1.[Pd+2].[Pd+2]. The first-order chi connectivity index (χ1) is 47.3. The van der Waals surface area contributed by atoms with Gasteiger partial charge in [-0.3, -0.25) is 19.2 Å². The maximum atomic E-state index is 12.8. The van der Waals surface area contributed by atoms with Crippen LogP contribution in [0.4, 0.5) is 22.7 Å². The molecule has 0 saturated heterocycles. The van der Waals surface area contributed by atoms with E-state index in [0.29, 0.717) is 0 Å². The number of allylic oxidation sites excluding steroid dienone is 4. The quantitative estimate of drug-likeness (QED) is 0.0235. The first kappa shape index (κ1) is 79.8. The predicted molar refractivity (Wildman–Crippen MR) is 377 cm³/mol. The van der Waals surface area contributed by atoms with Crippen molar-refractivity contribution in [3.8, 4) is 0 Å². The van der Waals surface area contributed by atoms with E-state index in [9.17, 15) is 38.4 Å². The number of rotatable bonds is 24. The third kappa shape index (κ3) is 25.5. The van der Waals surface area contributed by atoms with E-state index >= 15 is 0 Å². The van der Waals surface area contributed by atoms with Crippen LogP contribution in [0.2, 0.25) is 0 Å². The van der Waals surface area contributed by atoms with Gasteiger partial charge in [0.05, 0.1) is 74.0 Å². The number of aliphatic imine (C=N–C) groups is 2. The van der Waals surface area contributed by atoms with Crippen LogP contribution in [0, 0.1) is 0 Å². The maximum Gasteiger partial charge on any atom is 2.00 e. The Morgan fingerprint density at radius 2 is 0.550 bits per heavy atom. The van der Waals surface area contributed by atoms with E-state index in [0.717, 1.165) is 45.1 Å². The molecule has 6 aromatic carbocycles. The summed E-state index contributed by atoms with van der Waals surface area (Å²) in [5, 5.41) is 15.9. The minimum Gasteiger partial charge on any atom is -0.636 e. The van der Waals surface area contributed by atoms with Crippen LogP contribution in [0.3, 0.4) is 0 Å². The monoisotopic (exact) mass is 1530 g/mol. The van der Waals surface area contributed by atoms with Crippen molar-refractivity contribution in [3.63, 3.8) is 0 Å². The molecule has 100 heavy (non-hydrogen) atoms. The normalized spacial score (nSPS) is 12.0. The average molecular weight is 1530 g/mol. The van der Waals surface area contributed by atoms with Gasteiger partial charge in [-0.2, -0.15) is 0 Å². The predicted octanol–water partition coefficient (Wildman–Crippen LogP) is 12.1. The van der Waals surface area contributed by atoms with Gasteiger partial charge in [0, 0.05) is 39.6 Å². The van der Waals surface area contributed by atoms with Gasteiger partial charge in [-0.1, -0.05) is 133 Å². The molecule has 22 nitrogen and oxygen atoms in total. The summed E-state index contributed by atoms with van der Waals surface area (Å²) in [6, 6.07) is 56.8. The van der Waals surface area contributed by atoms with Crippen LogP contribution < -0.4 is 9.80 Å². The summed E-state index contributed by atoms with van der Waals surface area (Å²) in [5.74, 6) is -5.83. The van der Waals surface area contributed by atoms with Crippen LogP contribution in [0.25, 0.3) is 21.3 Å². The van der Waals surface area contributed by atoms with E-state index in [2.05, 4.69) is 75.3 Å². The number of pyridine rings is 2. The van der Waals surface area contributed by atoms with Gasteiger partial charge in [0.2, 0.25) is 0 Å². The molecule has 0 N–H and O–H groups in total. The smallest absolute Gasteiger partial charge is 0.636 e. The zero-order valence-electron chi connectivity index (χ0n) is 56.1. The van der Waals surface area contributed by atoms with E-state index in [1.165, 1.54) is 76.2 Å². The molecule has 4 amide bonds. The van der Waals surface area contributed by atoms with Crippen molar-refractivity contribution in [1.29, 1.82) is 0 Å². The molecule has 0 radical (unpaired) electrons. The van der Waals surface area contributed by atoms with Gasteiger partial charge in [-0.05, 0) is 169 Å². The van der Waals surface area contributed by atoms with Gasteiger partial charge >= 0.3 is 40.8 Å². The zero-order chi connectivity index (χ0) is 70.3. The van der Waals surface area contributed by atoms with E-state index in [1.54, 1.807) is 0 Å². The molecule has 2 aromatic heterocycles. The topological polar surface area (TPSA) is 287 Å². The Labute approximate surface area is 609 Å². The zero-order valence-corrected chi connectivity index (χ0v) is 59.2. The van der Waals surface area contributed by atoms with Crippen LogP contribution >= 0.6 is 0 Å². The van der Waals surface area contributed by atoms with E-state index in [4.69, 9.17) is 18.9 Å². The summed E-state index contributed by atoms with van der Waals surface area (Å²) in [6.45, 7) is 0. The molecule has 0 unspecified atom stereocenters. The Balaban J connectivity index is 0.000000271. The average Bonchev–Trinajstić information content (AvgIpc) is 0.863. The Hall–Kier alpha value is -10.9. The fourth-order valence-corrected chi connectivity index (χ4v) is 9.35. The van der Waals surface area contributed by atoms with Gasteiger partial charge in [0.1, 0.15) is 23.6 Å². The number of nitrogens with zero attached hydrogens (tertiary/aromatic N) is 10. The number of benzene rings is 6. The first-order valence-corrected chi connectivity index (χ1v) is 30.8. The van der Waals surface area contributed by atoms with E-state index in [1.807, 2.05) is 198 Å². The van der Waals surface area contributed by atoms with Crippen LogP contribution in [0.5, 0.6) is 0 Å². The second-order valence-corrected chi connectivity index (χ2v) is 22.0. The number of hydrogen-bond acceptors (Lipinski definition) is 18. The van der Waals surface area contributed by atoms with Gasteiger partial charge in [0.15, 0.2) is 0 Å². The number of methoxy groups -OCH3 is 4. The molecule has 0 saturated carbocycles. The molecular formula is C76H74N10O12Pd2. The van der Waals surface area contributed by atoms with Crippen molar-refractivity contribution >= 4 is 81.7 Å². The first-order valence-electron chi connectivity index (χ1n) is 30.8. The second kappa shape index (κ2) is 41.4. The number of anilines is 2. The summed E-state index contributed by atoms with van der Waals surface area (Å²) in [4.78, 5) is 122. The summed E-state index contributed by atoms with van der Waals surface area (Å²) in [7, 11) is 13.0. The number of hydrogen-bond donors (Lipinski definition) is 0. The summed E-state index contributed by atoms with van der Waals surface area (Å²) in [5.41, 5.74) is 8.68. The molecule has 4 atom stereocenters. The fraction of sp³-hybridized carbons (Fsp3) is 0.211. The molecule has 0 fully saturated rings. The minimum atomic E-state index is -1.08. The van der Waals surface area contributed by atoms with Crippen molar-refractivity contribution in [3.05, 3.63) is 297 Å². The van der Waals surface area contributed by atoms with Crippen LogP contribution in [-0.2, 0) is 105 Å². The Morgan fingerprint density at radius 3 is 0.750 bits per heavy atom. The van der Waals surface area contributed by atoms with Crippen molar-refractivity contribution in [2.45, 2.75) is 49.9 Å². The number of aromatic nitrogens is 2. The largest absolute Gasteiger partial charge is 2.00 e. The molecule has 24 heteroatoms. The van der Waals surface area contributed by atoms with Crippen molar-refractivity contribution in [2.24, 2.45) is 9.98 Å². The minimum absolute atomic E-state index is 0. The Morgan fingerprint density at radius 1 is 0.330 bits per heavy atom. The summed E-state index contributed by atoms with van der Waals surface area (Å²) in [6.07, 6.45) is 8.61. The molecule has 520 valence electrons. The van der Waals surface area contributed by atoms with Gasteiger partial charge in [-0.25, -0.2) is 20.0 Å². The molecular weight excluding hydrogens is 1460 g/mol. The maximum absolute atomic E-state index is 12.8. The third-order valence-electron chi connectivity index (χ3n) is 14.5. The van der Waals surface area contributed by atoms with Crippen molar-refractivity contribution in [2.75, 3.05) is 66.4 Å². The van der Waals surface area contributed by atoms with Gasteiger partial charge < -0.3 is 69.2 Å². The summed E-state index contributed by atoms with van der Waals surface area (Å²) >= 11 is 0. The molecule has 2 heterocycles. The Kier molecular flexibility index (Phi) is 33.0. The van der Waals surface area contributed by atoms with Crippen molar-refractivity contribution < 1.29 is 98.1 Å². The molecule has 1 aliphatic carbocycles. The molecule has 8 aromatic rings. The number of carbonyl (C=O) groups is 8. The van der Waals surface area contributed by atoms with E-state index in [-0.39, 0.29) is 89.3 Å². The fourth-order valence-electron chi connectivity index (χ4n) is 9.35. The summed E-state index contributed by atoms with van der Waals surface area (Å²) < 4.78 is 19.2. The van der Waals surface area contributed by atoms with Crippen LogP contribution in [0.1, 0.15) is 64.2 Å². The number of ether oxygens (including phenoxy) is 4. The number of carbonyl (C=O) groups excluding carboxylic acids is 8. The standard InChI is InChI=1S/2C27H27N3O6.C22H24N4.2Pd/c2*1-35-26(33)22(16-18-10-5-3-6-11-18)29-24(31)20-14-9-15-21(28-20)25(32)30-23(27(34)36-2)17-19-12-7-4-8-13-19;1-25(2)21-13-9-19(10-14-21)23-17-5-7-18(8-6-17)24-20-11-15-22(16-12-20)26(3)4;;/h2*3-15,22-23H,16-17H2,1-2H3,(H2,29,30,31,32);5-16H,1-4H3;;/q;;;2*+2/p-4/t22-,23+;22-,23-;;;/m.0.../s1. The van der Waals surface area contributed by atoms with Crippen molar-refractivity contribution in [1.82, 2.24) is 9.97 Å².